The third kappa shape index (κ3) is 7.53. The first-order chi connectivity index (χ1) is 14.8. The van der Waals surface area contributed by atoms with Crippen LogP contribution >= 0.6 is 24.0 Å². The fraction of sp³-hybridized carbons (Fsp3) is 0.571. The number of aromatic nitrogens is 3. The fourth-order valence-corrected chi connectivity index (χ4v) is 3.03. The maximum Gasteiger partial charge on any atom is 0.196 e. The van der Waals surface area contributed by atoms with E-state index in [2.05, 4.69) is 25.8 Å². The van der Waals surface area contributed by atoms with E-state index in [0.29, 0.717) is 25.7 Å². The third-order valence-electron chi connectivity index (χ3n) is 5.00. The Morgan fingerprint density at radius 2 is 2.10 bits per heavy atom. The van der Waals surface area contributed by atoms with Crippen LogP contribution in [-0.4, -0.2) is 53.7 Å². The topological polar surface area (TPSA) is 94.8 Å². The summed E-state index contributed by atoms with van der Waals surface area (Å²) in [5.41, 5.74) is 0.883. The van der Waals surface area contributed by atoms with Crippen LogP contribution in [0.15, 0.2) is 29.5 Å². The Morgan fingerprint density at radius 1 is 1.26 bits per heavy atom. The van der Waals surface area contributed by atoms with Crippen molar-refractivity contribution in [3.8, 4) is 11.5 Å². The predicted octanol–water partition coefficient (Wildman–Crippen LogP) is 2.97. The number of guanidine groups is 1. The average molecular weight is 542 g/mol. The first-order valence-corrected chi connectivity index (χ1v) is 10.6. The van der Waals surface area contributed by atoms with Gasteiger partial charge in [-0.25, -0.2) is 4.99 Å². The number of nitrogens with one attached hydrogen (secondary N) is 2. The molecule has 1 aromatic heterocycles. The van der Waals surface area contributed by atoms with Crippen LogP contribution in [0.4, 0.5) is 5.69 Å². The van der Waals surface area contributed by atoms with E-state index in [-0.39, 0.29) is 24.0 Å². The molecule has 0 unspecified atom stereocenters. The van der Waals surface area contributed by atoms with Gasteiger partial charge in [0.25, 0.3) is 0 Å². The number of benzene rings is 1. The highest BCUT2D eigenvalue weighted by molar-refractivity contribution is 14.0. The van der Waals surface area contributed by atoms with Gasteiger partial charge in [0.1, 0.15) is 12.9 Å². The van der Waals surface area contributed by atoms with Crippen LogP contribution in [0.1, 0.15) is 31.5 Å². The lowest BCUT2D eigenvalue weighted by atomic mass is 10.2. The van der Waals surface area contributed by atoms with E-state index >= 15 is 0 Å². The highest BCUT2D eigenvalue weighted by Crippen LogP contribution is 2.32. The van der Waals surface area contributed by atoms with Crippen LogP contribution in [0.25, 0.3) is 0 Å². The number of fused-ring (bicyclic) bond motifs is 1. The molecule has 2 aromatic rings. The van der Waals surface area contributed by atoms with Gasteiger partial charge < -0.3 is 29.4 Å². The predicted molar refractivity (Wildman–Crippen MR) is 129 cm³/mol. The molecule has 0 amide bonds. The van der Waals surface area contributed by atoms with E-state index in [9.17, 15) is 0 Å². The molecular formula is C21H31IN6O3. The fourth-order valence-electron chi connectivity index (χ4n) is 3.03. The van der Waals surface area contributed by atoms with E-state index in [1.807, 2.05) is 29.8 Å². The van der Waals surface area contributed by atoms with Crippen molar-refractivity contribution in [3.63, 3.8) is 0 Å². The molecular weight excluding hydrogens is 511 g/mol. The molecule has 4 rings (SSSR count). The summed E-state index contributed by atoms with van der Waals surface area (Å²) in [5, 5.41) is 14.7. The second-order valence-electron chi connectivity index (χ2n) is 7.66. The molecule has 170 valence electrons. The van der Waals surface area contributed by atoms with Crippen molar-refractivity contribution in [2.45, 2.75) is 32.2 Å². The van der Waals surface area contributed by atoms with Gasteiger partial charge in [-0.15, -0.1) is 34.2 Å². The molecule has 2 heterocycles. The molecule has 0 radical (unpaired) electrons. The normalized spacial score (nSPS) is 15.7. The molecule has 31 heavy (non-hydrogen) atoms. The van der Waals surface area contributed by atoms with Gasteiger partial charge in [-0.05, 0) is 37.3 Å². The van der Waals surface area contributed by atoms with Gasteiger partial charge in [0.2, 0.25) is 0 Å². The smallest absolute Gasteiger partial charge is 0.196 e. The quantitative estimate of drug-likeness (QED) is 0.218. The van der Waals surface area contributed by atoms with Gasteiger partial charge in [-0.3, -0.25) is 0 Å². The summed E-state index contributed by atoms with van der Waals surface area (Å²) in [6, 6.07) is 5.83. The molecule has 0 spiro atoms. The van der Waals surface area contributed by atoms with Gasteiger partial charge >= 0.3 is 0 Å². The van der Waals surface area contributed by atoms with Gasteiger partial charge in [0.15, 0.2) is 23.3 Å². The molecule has 1 aliphatic heterocycles. The Hall–Kier alpha value is -2.08. The Balaban J connectivity index is 0.00000272. The van der Waals surface area contributed by atoms with E-state index in [1.165, 1.54) is 12.8 Å². The number of aliphatic imine (C=N–C) groups is 1. The van der Waals surface area contributed by atoms with Crippen molar-refractivity contribution in [1.82, 2.24) is 20.1 Å². The molecule has 2 aliphatic rings. The summed E-state index contributed by atoms with van der Waals surface area (Å²) >= 11 is 0. The average Bonchev–Trinajstić information content (AvgIpc) is 3.53. The summed E-state index contributed by atoms with van der Waals surface area (Å²) in [7, 11) is 1.91. The number of hydrogen-bond donors (Lipinski definition) is 2. The zero-order valence-corrected chi connectivity index (χ0v) is 20.2. The third-order valence-corrected chi connectivity index (χ3v) is 5.00. The largest absolute Gasteiger partial charge is 0.490 e. The minimum Gasteiger partial charge on any atom is -0.490 e. The molecule has 2 N–H and O–H groups in total. The van der Waals surface area contributed by atoms with E-state index < -0.39 is 0 Å². The maximum atomic E-state index is 5.79. The summed E-state index contributed by atoms with van der Waals surface area (Å²) in [5.74, 6) is 3.79. The lowest BCUT2D eigenvalue weighted by Crippen LogP contribution is -2.32. The van der Waals surface area contributed by atoms with E-state index in [1.54, 1.807) is 6.33 Å². The summed E-state index contributed by atoms with van der Waals surface area (Å²) in [4.78, 5) is 4.67. The molecule has 0 atom stereocenters. The number of hydrogen-bond acceptors (Lipinski definition) is 6. The molecule has 0 bridgehead atoms. The van der Waals surface area contributed by atoms with E-state index in [4.69, 9.17) is 14.2 Å². The van der Waals surface area contributed by atoms with Gasteiger partial charge in [0.05, 0.1) is 13.2 Å². The zero-order chi connectivity index (χ0) is 20.6. The first-order valence-electron chi connectivity index (χ1n) is 10.6. The molecule has 0 saturated heterocycles. The number of halogens is 1. The molecule has 10 heteroatoms. The van der Waals surface area contributed by atoms with Crippen LogP contribution in [0.2, 0.25) is 0 Å². The highest BCUT2D eigenvalue weighted by Gasteiger charge is 2.20. The van der Waals surface area contributed by atoms with Gasteiger partial charge in [-0.2, -0.15) is 0 Å². The Bertz CT molecular complexity index is 855. The van der Waals surface area contributed by atoms with Crippen LogP contribution < -0.4 is 20.1 Å². The first kappa shape index (κ1) is 23.6. The van der Waals surface area contributed by atoms with Gasteiger partial charge in [0, 0.05) is 45.0 Å². The van der Waals surface area contributed by atoms with Gasteiger partial charge in [-0.1, -0.05) is 0 Å². The van der Waals surface area contributed by atoms with Crippen molar-refractivity contribution in [2.24, 2.45) is 18.0 Å². The monoisotopic (exact) mass is 542 g/mol. The van der Waals surface area contributed by atoms with Crippen molar-refractivity contribution in [3.05, 3.63) is 30.4 Å². The van der Waals surface area contributed by atoms with Crippen molar-refractivity contribution in [2.75, 3.05) is 38.3 Å². The van der Waals surface area contributed by atoms with Crippen molar-refractivity contribution >= 4 is 35.6 Å². The summed E-state index contributed by atoms with van der Waals surface area (Å²) < 4.78 is 19.1. The molecule has 1 aromatic carbocycles. The van der Waals surface area contributed by atoms with E-state index in [0.717, 1.165) is 61.5 Å². The Morgan fingerprint density at radius 3 is 2.87 bits per heavy atom. The summed E-state index contributed by atoms with van der Waals surface area (Å²) in [6.45, 7) is 4.16. The number of aryl methyl sites for hydroxylation is 1. The van der Waals surface area contributed by atoms with Crippen LogP contribution in [0, 0.1) is 5.92 Å². The van der Waals surface area contributed by atoms with Crippen LogP contribution in [-0.2, 0) is 18.3 Å². The maximum absolute atomic E-state index is 5.79. The zero-order valence-electron chi connectivity index (χ0n) is 17.9. The second-order valence-corrected chi connectivity index (χ2v) is 7.66. The standard InChI is InChI=1S/C21H30N6O3.HI/c1-27-15-24-26-20(27)13-23-21(22-8-2-9-28-14-16-4-5-16)25-17-6-7-18-19(12-17)30-11-3-10-29-18;/h6-7,12,15-16H,2-5,8-11,13-14H2,1H3,(H2,22,23,25);1H. The van der Waals surface area contributed by atoms with Crippen LogP contribution in [0.3, 0.4) is 0 Å². The number of ether oxygens (including phenoxy) is 3. The Kier molecular flexibility index (Phi) is 9.19. The number of nitrogens with zero attached hydrogens (tertiary/aromatic N) is 4. The Labute approximate surface area is 200 Å². The SMILES string of the molecule is Cn1cnnc1CN=C(NCCCOCC1CC1)Nc1ccc2c(c1)OCCCO2.I. The van der Waals surface area contributed by atoms with Crippen LogP contribution in [0.5, 0.6) is 11.5 Å². The molecule has 1 fully saturated rings. The highest BCUT2D eigenvalue weighted by atomic mass is 127. The number of anilines is 1. The lowest BCUT2D eigenvalue weighted by molar-refractivity contribution is 0.123. The van der Waals surface area contributed by atoms with Crippen molar-refractivity contribution in [1.29, 1.82) is 0 Å². The minimum atomic E-state index is 0. The summed E-state index contributed by atoms with van der Waals surface area (Å²) in [6.07, 6.45) is 6.10. The molecule has 1 aliphatic carbocycles. The molecule has 9 nitrogen and oxygen atoms in total. The minimum absolute atomic E-state index is 0. The molecule has 1 saturated carbocycles. The lowest BCUT2D eigenvalue weighted by Gasteiger charge is -2.14. The van der Waals surface area contributed by atoms with Crippen molar-refractivity contribution < 1.29 is 14.2 Å². The number of rotatable bonds is 9. The second kappa shape index (κ2) is 12.1.